The Balaban J connectivity index is 3.57. The number of carbonyl (C=O) groups excluding carboxylic acids is 1. The molecule has 0 aromatic rings. The van der Waals surface area contributed by atoms with E-state index in [2.05, 4.69) is 6.92 Å². The fraction of sp³-hybridized carbons (Fsp3) is 0.950. The van der Waals surface area contributed by atoms with E-state index in [0.717, 1.165) is 44.9 Å². The summed E-state index contributed by atoms with van der Waals surface area (Å²) in [7, 11) is 0. The highest BCUT2D eigenvalue weighted by atomic mass is 16.5. The van der Waals surface area contributed by atoms with Crippen molar-refractivity contribution >= 4 is 5.97 Å². The molecule has 0 saturated carbocycles. The summed E-state index contributed by atoms with van der Waals surface area (Å²) in [6, 6.07) is 0. The van der Waals surface area contributed by atoms with Gasteiger partial charge in [-0.3, -0.25) is 4.79 Å². The first kappa shape index (κ1) is 24.4. The zero-order valence-corrected chi connectivity index (χ0v) is 16.3. The predicted octanol–water partition coefficient (Wildman–Crippen LogP) is 3.72. The number of aliphatic hydroxyl groups excluding tert-OH is 3. The van der Waals surface area contributed by atoms with Crippen LogP contribution in [0.3, 0.4) is 0 Å². The number of rotatable bonds is 17. The van der Waals surface area contributed by atoms with Gasteiger partial charge < -0.3 is 20.1 Å². The highest BCUT2D eigenvalue weighted by Crippen LogP contribution is 2.15. The van der Waals surface area contributed by atoms with Gasteiger partial charge in [0, 0.05) is 12.8 Å². The number of esters is 1. The number of unbranched alkanes of at least 4 members (excludes halogenated alkanes) is 7. The minimum absolute atomic E-state index is 0.130. The Morgan fingerprint density at radius 1 is 0.800 bits per heavy atom. The molecule has 3 N–H and O–H groups in total. The largest absolute Gasteiger partial charge is 0.466 e. The lowest BCUT2D eigenvalue weighted by atomic mass is 9.98. The summed E-state index contributed by atoms with van der Waals surface area (Å²) in [5.41, 5.74) is 0. The molecule has 0 spiro atoms. The lowest BCUT2D eigenvalue weighted by Gasteiger charge is -2.20. The normalized spacial score (nSPS) is 14.9. The maximum absolute atomic E-state index is 11.2. The molecule has 0 saturated heterocycles. The third kappa shape index (κ3) is 15.3. The van der Waals surface area contributed by atoms with Crippen molar-refractivity contribution < 1.29 is 24.9 Å². The number of hydrogen-bond donors (Lipinski definition) is 3. The van der Waals surface area contributed by atoms with E-state index in [0.29, 0.717) is 25.9 Å². The van der Waals surface area contributed by atoms with E-state index < -0.39 is 18.3 Å². The standard InChI is InChI=1S/C20H40O5/c1-3-5-6-10-13-17(21)16-19(23)18(22)14-11-8-7-9-12-15-20(24)25-4-2/h17-19,21-23H,3-16H2,1-2H3. The van der Waals surface area contributed by atoms with Crippen molar-refractivity contribution in [3.63, 3.8) is 0 Å². The zero-order chi connectivity index (χ0) is 18.9. The molecule has 0 aromatic heterocycles. The molecule has 5 nitrogen and oxygen atoms in total. The second-order valence-corrected chi connectivity index (χ2v) is 6.99. The quantitative estimate of drug-likeness (QED) is 0.272. The molecule has 0 bridgehead atoms. The molecule has 0 amide bonds. The Morgan fingerprint density at radius 2 is 1.40 bits per heavy atom. The molecular formula is C20H40O5. The predicted molar refractivity (Wildman–Crippen MR) is 100 cm³/mol. The minimum Gasteiger partial charge on any atom is -0.466 e. The van der Waals surface area contributed by atoms with Gasteiger partial charge in [-0.1, -0.05) is 58.3 Å². The summed E-state index contributed by atoms with van der Waals surface area (Å²) in [6.45, 7) is 4.40. The van der Waals surface area contributed by atoms with E-state index >= 15 is 0 Å². The average molecular weight is 361 g/mol. The summed E-state index contributed by atoms with van der Waals surface area (Å²) >= 11 is 0. The first-order valence-corrected chi connectivity index (χ1v) is 10.2. The summed E-state index contributed by atoms with van der Waals surface area (Å²) in [4.78, 5) is 11.2. The van der Waals surface area contributed by atoms with Crippen molar-refractivity contribution in [3.8, 4) is 0 Å². The SMILES string of the molecule is CCCCCCC(O)CC(O)C(O)CCCCCCCC(=O)OCC. The first-order chi connectivity index (χ1) is 12.0. The van der Waals surface area contributed by atoms with Crippen LogP contribution in [0.15, 0.2) is 0 Å². The first-order valence-electron chi connectivity index (χ1n) is 10.2. The molecule has 0 aliphatic heterocycles. The van der Waals surface area contributed by atoms with Gasteiger partial charge in [0.2, 0.25) is 0 Å². The van der Waals surface area contributed by atoms with E-state index in [4.69, 9.17) is 4.74 Å². The van der Waals surface area contributed by atoms with Crippen LogP contribution in [0.25, 0.3) is 0 Å². The lowest BCUT2D eigenvalue weighted by molar-refractivity contribution is -0.143. The molecule has 0 radical (unpaired) electrons. The van der Waals surface area contributed by atoms with Gasteiger partial charge in [0.15, 0.2) is 0 Å². The molecular weight excluding hydrogens is 320 g/mol. The van der Waals surface area contributed by atoms with E-state index in [1.807, 2.05) is 6.92 Å². The van der Waals surface area contributed by atoms with Gasteiger partial charge in [0.1, 0.15) is 0 Å². The smallest absolute Gasteiger partial charge is 0.305 e. The minimum atomic E-state index is -0.843. The Hall–Kier alpha value is -0.650. The molecule has 150 valence electrons. The molecule has 0 rings (SSSR count). The van der Waals surface area contributed by atoms with Crippen molar-refractivity contribution in [1.29, 1.82) is 0 Å². The number of ether oxygens (including phenoxy) is 1. The molecule has 0 heterocycles. The van der Waals surface area contributed by atoms with Crippen LogP contribution in [0.2, 0.25) is 0 Å². The topological polar surface area (TPSA) is 87.0 Å². The van der Waals surface area contributed by atoms with Crippen molar-refractivity contribution in [3.05, 3.63) is 0 Å². The van der Waals surface area contributed by atoms with Crippen molar-refractivity contribution in [2.75, 3.05) is 6.61 Å². The summed E-state index contributed by atoms with van der Waals surface area (Å²) < 4.78 is 4.88. The Labute approximate surface area is 153 Å². The van der Waals surface area contributed by atoms with Gasteiger partial charge >= 0.3 is 5.97 Å². The molecule has 3 atom stereocenters. The van der Waals surface area contributed by atoms with Crippen molar-refractivity contribution in [2.45, 2.75) is 116 Å². The van der Waals surface area contributed by atoms with Gasteiger partial charge in [-0.2, -0.15) is 0 Å². The van der Waals surface area contributed by atoms with E-state index in [9.17, 15) is 20.1 Å². The third-order valence-corrected chi connectivity index (χ3v) is 4.53. The highest BCUT2D eigenvalue weighted by molar-refractivity contribution is 5.69. The maximum Gasteiger partial charge on any atom is 0.305 e. The van der Waals surface area contributed by atoms with Gasteiger partial charge in [0.05, 0.1) is 24.9 Å². The van der Waals surface area contributed by atoms with E-state index in [1.54, 1.807) is 0 Å². The zero-order valence-electron chi connectivity index (χ0n) is 16.3. The fourth-order valence-corrected chi connectivity index (χ4v) is 2.94. The second-order valence-electron chi connectivity index (χ2n) is 6.99. The number of hydrogen-bond acceptors (Lipinski definition) is 5. The Morgan fingerprint density at radius 3 is 2.08 bits per heavy atom. The van der Waals surface area contributed by atoms with Crippen LogP contribution in [0.4, 0.5) is 0 Å². The fourth-order valence-electron chi connectivity index (χ4n) is 2.94. The maximum atomic E-state index is 11.2. The van der Waals surface area contributed by atoms with Crippen molar-refractivity contribution in [1.82, 2.24) is 0 Å². The number of aliphatic hydroxyl groups is 3. The van der Waals surface area contributed by atoms with Gasteiger partial charge in [-0.05, 0) is 26.2 Å². The van der Waals surface area contributed by atoms with Crippen LogP contribution in [0.1, 0.15) is 97.3 Å². The average Bonchev–Trinajstić information content (AvgIpc) is 2.57. The molecule has 25 heavy (non-hydrogen) atoms. The monoisotopic (exact) mass is 360 g/mol. The van der Waals surface area contributed by atoms with Crippen LogP contribution in [0, 0.1) is 0 Å². The number of carbonyl (C=O) groups is 1. The van der Waals surface area contributed by atoms with E-state index in [1.165, 1.54) is 12.8 Å². The van der Waals surface area contributed by atoms with Crippen LogP contribution in [-0.4, -0.2) is 46.2 Å². The lowest BCUT2D eigenvalue weighted by Crippen LogP contribution is -2.30. The van der Waals surface area contributed by atoms with Crippen molar-refractivity contribution in [2.24, 2.45) is 0 Å². The van der Waals surface area contributed by atoms with Gasteiger partial charge in [0.25, 0.3) is 0 Å². The Kier molecular flexibility index (Phi) is 16.4. The summed E-state index contributed by atoms with van der Waals surface area (Å²) in [5.74, 6) is -0.130. The molecule has 3 unspecified atom stereocenters. The van der Waals surface area contributed by atoms with Crippen LogP contribution in [-0.2, 0) is 9.53 Å². The van der Waals surface area contributed by atoms with Crippen LogP contribution in [0.5, 0.6) is 0 Å². The highest BCUT2D eigenvalue weighted by Gasteiger charge is 2.19. The third-order valence-electron chi connectivity index (χ3n) is 4.53. The molecule has 0 aromatic carbocycles. The molecule has 0 fully saturated rings. The molecule has 0 aliphatic rings. The van der Waals surface area contributed by atoms with Gasteiger partial charge in [-0.15, -0.1) is 0 Å². The Bertz CT molecular complexity index is 308. The van der Waals surface area contributed by atoms with Crippen LogP contribution >= 0.6 is 0 Å². The van der Waals surface area contributed by atoms with E-state index in [-0.39, 0.29) is 12.4 Å². The molecule has 0 aliphatic carbocycles. The van der Waals surface area contributed by atoms with Gasteiger partial charge in [-0.25, -0.2) is 0 Å². The second kappa shape index (κ2) is 16.8. The molecule has 5 heteroatoms. The van der Waals surface area contributed by atoms with Crippen LogP contribution < -0.4 is 0 Å². The summed E-state index contributed by atoms with van der Waals surface area (Å²) in [6.07, 6.45) is 8.97. The summed E-state index contributed by atoms with van der Waals surface area (Å²) in [5, 5.41) is 29.9.